The van der Waals surface area contributed by atoms with Gasteiger partial charge in [0.1, 0.15) is 18.0 Å². The first kappa shape index (κ1) is 14.6. The maximum absolute atomic E-state index is 11.7. The number of nitrogen functional groups attached to an aromatic ring is 1. The summed E-state index contributed by atoms with van der Waals surface area (Å²) in [7, 11) is -3.83. The first-order chi connectivity index (χ1) is 9.79. The Labute approximate surface area is 117 Å². The predicted molar refractivity (Wildman–Crippen MR) is 65.7 cm³/mol. The highest BCUT2D eigenvalue weighted by Gasteiger charge is 2.68. The summed E-state index contributed by atoms with van der Waals surface area (Å²) < 4.78 is 23.2. The fourth-order valence-electron chi connectivity index (χ4n) is 2.08. The van der Waals surface area contributed by atoms with Gasteiger partial charge in [-0.15, -0.1) is 4.30 Å². The first-order valence-corrected chi connectivity index (χ1v) is 7.40. The van der Waals surface area contributed by atoms with E-state index in [0.717, 1.165) is 4.57 Å². The van der Waals surface area contributed by atoms with Crippen LogP contribution in [0.2, 0.25) is 0 Å². The molecule has 1 aromatic heterocycles. The number of hydrogen-bond donors (Lipinski definition) is 4. The first-order valence-electron chi connectivity index (χ1n) is 5.90. The normalized spacial score (nSPS) is 39.6. The number of aromatic nitrogens is 2. The summed E-state index contributed by atoms with van der Waals surface area (Å²) in [5.41, 5.74) is 4.60. The summed E-state index contributed by atoms with van der Waals surface area (Å²) >= 11 is 0. The molecule has 1 unspecified atom stereocenters. The largest absolute Gasteiger partial charge is 0.739 e. The Bertz CT molecular complexity index is 665. The third kappa shape index (κ3) is 2.60. The number of nitrogens with zero attached hydrogens (tertiary/aromatic N) is 2. The van der Waals surface area contributed by atoms with Crippen molar-refractivity contribution >= 4 is 13.6 Å². The minimum absolute atomic E-state index is 0.00935. The minimum Gasteiger partial charge on any atom is -0.387 e. The summed E-state index contributed by atoms with van der Waals surface area (Å²) in [5.74, 6) is 0.00935. The van der Waals surface area contributed by atoms with E-state index < -0.39 is 38.1 Å². The van der Waals surface area contributed by atoms with Gasteiger partial charge >= 0.3 is 13.5 Å². The van der Waals surface area contributed by atoms with Gasteiger partial charge in [0.2, 0.25) is 6.61 Å². The van der Waals surface area contributed by atoms with Gasteiger partial charge in [0.15, 0.2) is 12.3 Å². The fraction of sp³-hybridized carbons (Fsp3) is 0.556. The number of anilines is 1. The second-order valence-corrected chi connectivity index (χ2v) is 6.11. The molecule has 0 saturated carbocycles. The second-order valence-electron chi connectivity index (χ2n) is 4.62. The molecule has 1 aromatic rings. The van der Waals surface area contributed by atoms with Crippen molar-refractivity contribution in [2.75, 3.05) is 12.3 Å². The zero-order valence-electron chi connectivity index (χ0n) is 10.5. The molecule has 0 bridgehead atoms. The van der Waals surface area contributed by atoms with Gasteiger partial charge in [-0.25, -0.2) is 4.79 Å². The standard InChI is InChI=1S/C9H12N3O8P/c10-5-1-2-12(9(15)11-5)8-7(14)6(13)4(18-8)3-20-19-21(20,16)17/h1-2,4,6-8,13-14H,3H2,(H2-,10,11,15,16,17)/p+1/t4-,6-,7-,8-/m1/s1. The van der Waals surface area contributed by atoms with Crippen molar-refractivity contribution in [2.45, 2.75) is 24.5 Å². The molecule has 116 valence electrons. The topological polar surface area (TPSA) is 163 Å². The van der Waals surface area contributed by atoms with Gasteiger partial charge in [0.05, 0.1) is 4.67 Å². The SMILES string of the molecule is Nc1ccn([C@@H]2O[C@H](C[O+]3OP3(=O)O)[C@@H](O)[C@H]2O)c(=O)n1. The molecule has 2 aliphatic heterocycles. The van der Waals surface area contributed by atoms with E-state index in [1.54, 1.807) is 4.30 Å². The molecule has 2 saturated heterocycles. The molecule has 0 aliphatic carbocycles. The van der Waals surface area contributed by atoms with Gasteiger partial charge in [-0.2, -0.15) is 9.55 Å². The van der Waals surface area contributed by atoms with E-state index in [1.165, 1.54) is 12.3 Å². The van der Waals surface area contributed by atoms with Gasteiger partial charge in [0.25, 0.3) is 0 Å². The lowest BCUT2D eigenvalue weighted by molar-refractivity contribution is -0.186. The van der Waals surface area contributed by atoms with Gasteiger partial charge in [-0.05, 0) is 6.07 Å². The van der Waals surface area contributed by atoms with Crippen molar-refractivity contribution in [3.05, 3.63) is 22.7 Å². The molecule has 0 spiro atoms. The van der Waals surface area contributed by atoms with Gasteiger partial charge in [-0.1, -0.05) is 0 Å². The monoisotopic (exact) mass is 322 g/mol. The molecule has 12 heteroatoms. The molecule has 21 heavy (non-hydrogen) atoms. The van der Waals surface area contributed by atoms with E-state index in [9.17, 15) is 19.6 Å². The molecule has 2 aliphatic rings. The maximum Gasteiger partial charge on any atom is 0.739 e. The van der Waals surface area contributed by atoms with Crippen molar-refractivity contribution in [1.29, 1.82) is 0 Å². The van der Waals surface area contributed by atoms with E-state index in [1.807, 2.05) is 0 Å². The molecule has 11 nitrogen and oxygen atoms in total. The third-order valence-corrected chi connectivity index (χ3v) is 4.17. The summed E-state index contributed by atoms with van der Waals surface area (Å²) in [6.45, 7) is -0.306. The van der Waals surface area contributed by atoms with E-state index in [4.69, 9.17) is 15.4 Å². The number of rotatable bonds is 3. The van der Waals surface area contributed by atoms with Crippen LogP contribution >= 0.6 is 7.82 Å². The number of hydrogen-bond acceptors (Lipinski definition) is 8. The van der Waals surface area contributed by atoms with Crippen LogP contribution in [0, 0.1) is 0 Å². The third-order valence-electron chi connectivity index (χ3n) is 3.19. The average Bonchev–Trinajstić information content (AvgIpc) is 2.91. The van der Waals surface area contributed by atoms with Gasteiger partial charge in [-0.3, -0.25) is 9.46 Å². The van der Waals surface area contributed by atoms with Crippen LogP contribution in [0.4, 0.5) is 5.82 Å². The summed E-state index contributed by atoms with van der Waals surface area (Å²) in [6, 6.07) is 1.33. The van der Waals surface area contributed by atoms with E-state index in [-0.39, 0.29) is 12.4 Å². The molecule has 0 aromatic carbocycles. The summed E-state index contributed by atoms with van der Waals surface area (Å²) in [5, 5.41) is 19.8. The van der Waals surface area contributed by atoms with Crippen molar-refractivity contribution in [1.82, 2.24) is 9.55 Å². The molecular formula is C9H13N3O8P+. The van der Waals surface area contributed by atoms with Crippen LogP contribution in [0.5, 0.6) is 0 Å². The number of aliphatic hydroxyl groups is 2. The van der Waals surface area contributed by atoms with Crippen molar-refractivity contribution in [2.24, 2.45) is 0 Å². The lowest BCUT2D eigenvalue weighted by atomic mass is 10.1. The zero-order valence-corrected chi connectivity index (χ0v) is 11.4. The van der Waals surface area contributed by atoms with Gasteiger partial charge < -0.3 is 20.7 Å². The highest BCUT2D eigenvalue weighted by molar-refractivity contribution is 7.52. The lowest BCUT2D eigenvalue weighted by Gasteiger charge is -2.16. The van der Waals surface area contributed by atoms with Crippen LogP contribution < -0.4 is 11.4 Å². The Hall–Kier alpha value is -1.33. The van der Waals surface area contributed by atoms with Gasteiger partial charge in [0, 0.05) is 6.20 Å². The minimum atomic E-state index is -3.83. The van der Waals surface area contributed by atoms with Crippen LogP contribution in [0.3, 0.4) is 0 Å². The Kier molecular flexibility index (Phi) is 3.37. The van der Waals surface area contributed by atoms with E-state index in [2.05, 4.69) is 9.66 Å². The summed E-state index contributed by atoms with van der Waals surface area (Å²) in [4.78, 5) is 24.2. The Morgan fingerprint density at radius 2 is 2.14 bits per heavy atom. The lowest BCUT2D eigenvalue weighted by Crippen LogP contribution is -2.36. The van der Waals surface area contributed by atoms with Crippen LogP contribution in [0.15, 0.2) is 17.1 Å². The molecule has 2 fully saturated rings. The Morgan fingerprint density at radius 3 is 2.71 bits per heavy atom. The highest BCUT2D eigenvalue weighted by Crippen LogP contribution is 2.69. The molecule has 3 rings (SSSR count). The van der Waals surface area contributed by atoms with Crippen LogP contribution in [0.25, 0.3) is 0 Å². The van der Waals surface area contributed by atoms with Crippen LogP contribution in [-0.2, 0) is 18.3 Å². The molecule has 3 heterocycles. The number of nitrogens with two attached hydrogens (primary N) is 1. The number of ether oxygens (including phenoxy) is 1. The average molecular weight is 322 g/mol. The zero-order chi connectivity index (χ0) is 15.4. The second kappa shape index (κ2) is 4.85. The van der Waals surface area contributed by atoms with Crippen molar-refractivity contribution in [3.8, 4) is 0 Å². The van der Waals surface area contributed by atoms with Crippen LogP contribution in [0.1, 0.15) is 6.23 Å². The fourth-order valence-corrected chi connectivity index (χ4v) is 2.83. The van der Waals surface area contributed by atoms with Crippen molar-refractivity contribution in [3.63, 3.8) is 0 Å². The Balaban J connectivity index is 1.78. The molecule has 0 radical (unpaired) electrons. The molecule has 5 atom stereocenters. The predicted octanol–water partition coefficient (Wildman–Crippen LogP) is -1.96. The number of aliphatic hydroxyl groups excluding tert-OH is 2. The van der Waals surface area contributed by atoms with Crippen molar-refractivity contribution < 1.29 is 33.4 Å². The van der Waals surface area contributed by atoms with E-state index in [0.29, 0.717) is 0 Å². The highest BCUT2D eigenvalue weighted by atomic mass is 31.2. The smallest absolute Gasteiger partial charge is 0.387 e. The maximum atomic E-state index is 11.7. The summed E-state index contributed by atoms with van der Waals surface area (Å²) in [6.07, 6.45) is -3.76. The Morgan fingerprint density at radius 1 is 1.48 bits per heavy atom. The quantitative estimate of drug-likeness (QED) is 0.214. The van der Waals surface area contributed by atoms with Crippen LogP contribution in [-0.4, -0.2) is 49.6 Å². The molecule has 5 N–H and O–H groups in total. The molecular weight excluding hydrogens is 309 g/mol. The molecule has 0 amide bonds. The van der Waals surface area contributed by atoms with E-state index >= 15 is 0 Å².